The minimum absolute atomic E-state index is 0.0568. The van der Waals surface area contributed by atoms with Crippen LogP contribution in [-0.2, 0) is 20.6 Å². The lowest BCUT2D eigenvalue weighted by atomic mass is 10.2. The van der Waals surface area contributed by atoms with E-state index in [1.54, 1.807) is 17.7 Å². The molecule has 0 unspecified atom stereocenters. The number of aryl methyl sites for hydroxylation is 1. The monoisotopic (exact) mass is 391 g/mol. The molecule has 27 heavy (non-hydrogen) atoms. The zero-order valence-electron chi connectivity index (χ0n) is 15.1. The second kappa shape index (κ2) is 6.53. The Labute approximate surface area is 159 Å². The highest BCUT2D eigenvalue weighted by Crippen LogP contribution is 2.27. The van der Waals surface area contributed by atoms with E-state index < -0.39 is 17.1 Å². The fourth-order valence-electron chi connectivity index (χ4n) is 3.58. The largest absolute Gasteiger partial charge is 0.342 e. The van der Waals surface area contributed by atoms with Gasteiger partial charge in [0.1, 0.15) is 5.82 Å². The predicted molar refractivity (Wildman–Crippen MR) is 102 cm³/mol. The summed E-state index contributed by atoms with van der Waals surface area (Å²) in [5.41, 5.74) is -0.0688. The molecule has 0 saturated carbocycles. The highest BCUT2D eigenvalue weighted by molar-refractivity contribution is 6.31. The average Bonchev–Trinajstić information content (AvgIpc) is 3.29. The molecule has 0 aliphatic carbocycles. The fourth-order valence-corrected chi connectivity index (χ4v) is 3.81. The summed E-state index contributed by atoms with van der Waals surface area (Å²) >= 11 is 6.21. The molecule has 9 heteroatoms. The Bertz CT molecular complexity index is 1140. The Balaban J connectivity index is 2.03. The van der Waals surface area contributed by atoms with E-state index in [-0.39, 0.29) is 28.3 Å². The highest BCUT2D eigenvalue weighted by atomic mass is 35.5. The maximum atomic E-state index is 14.4. The normalized spacial score (nSPS) is 14.4. The molecule has 1 aliphatic rings. The number of benzene rings is 1. The fraction of sp³-hybridized carbons (Fsp3) is 0.389. The second-order valence-corrected chi connectivity index (χ2v) is 7.18. The molecule has 3 heterocycles. The third kappa shape index (κ3) is 2.75. The number of aromatic nitrogens is 4. The Hall–Kier alpha value is -2.61. The first-order valence-electron chi connectivity index (χ1n) is 8.74. The van der Waals surface area contributed by atoms with Gasteiger partial charge in [0.25, 0.3) is 5.56 Å². The Morgan fingerprint density at radius 2 is 1.85 bits per heavy atom. The van der Waals surface area contributed by atoms with Crippen molar-refractivity contribution in [1.82, 2.24) is 18.7 Å². The summed E-state index contributed by atoms with van der Waals surface area (Å²) in [6.45, 7) is 1.65. The van der Waals surface area contributed by atoms with Crippen LogP contribution in [0.3, 0.4) is 0 Å². The molecule has 142 valence electrons. The Morgan fingerprint density at radius 3 is 2.52 bits per heavy atom. The Morgan fingerprint density at radius 1 is 1.15 bits per heavy atom. The van der Waals surface area contributed by atoms with Crippen LogP contribution in [0.2, 0.25) is 5.02 Å². The van der Waals surface area contributed by atoms with E-state index in [1.165, 1.54) is 23.7 Å². The van der Waals surface area contributed by atoms with Gasteiger partial charge in [-0.3, -0.25) is 18.5 Å². The van der Waals surface area contributed by atoms with E-state index >= 15 is 0 Å². The molecule has 0 amide bonds. The highest BCUT2D eigenvalue weighted by Gasteiger charge is 2.25. The van der Waals surface area contributed by atoms with Crippen molar-refractivity contribution in [3.8, 4) is 0 Å². The van der Waals surface area contributed by atoms with Crippen LogP contribution < -0.4 is 16.1 Å². The topological polar surface area (TPSA) is 65.1 Å². The van der Waals surface area contributed by atoms with Gasteiger partial charge in [0.15, 0.2) is 11.2 Å². The molecule has 0 atom stereocenters. The molecule has 1 fully saturated rings. The van der Waals surface area contributed by atoms with Gasteiger partial charge in [0, 0.05) is 37.8 Å². The average molecular weight is 392 g/mol. The van der Waals surface area contributed by atoms with E-state index in [2.05, 4.69) is 9.88 Å². The summed E-state index contributed by atoms with van der Waals surface area (Å²) in [5.74, 6) is 0.110. The summed E-state index contributed by atoms with van der Waals surface area (Å²) in [6, 6.07) is 4.49. The predicted octanol–water partition coefficient (Wildman–Crippen LogP) is 1.87. The molecule has 0 N–H and O–H groups in total. The number of rotatable bonds is 3. The van der Waals surface area contributed by atoms with Crippen molar-refractivity contribution in [3.63, 3.8) is 0 Å². The lowest BCUT2D eigenvalue weighted by Gasteiger charge is -2.19. The van der Waals surface area contributed by atoms with Crippen molar-refractivity contribution >= 4 is 28.7 Å². The maximum Gasteiger partial charge on any atom is 0.332 e. The SMILES string of the molecule is Cn1c(=O)c2c(nc(N3CCCC3)n2Cc2c(F)cccc2Cl)n(C)c1=O. The zero-order valence-corrected chi connectivity index (χ0v) is 15.8. The molecule has 1 saturated heterocycles. The van der Waals surface area contributed by atoms with Crippen molar-refractivity contribution in [2.24, 2.45) is 14.1 Å². The van der Waals surface area contributed by atoms with Gasteiger partial charge < -0.3 is 4.90 Å². The van der Waals surface area contributed by atoms with Crippen LogP contribution in [0, 0.1) is 5.82 Å². The number of imidazole rings is 1. The molecule has 0 spiro atoms. The van der Waals surface area contributed by atoms with Gasteiger partial charge in [-0.2, -0.15) is 4.98 Å². The van der Waals surface area contributed by atoms with Crippen LogP contribution in [0.4, 0.5) is 10.3 Å². The third-order valence-corrected chi connectivity index (χ3v) is 5.45. The summed E-state index contributed by atoms with van der Waals surface area (Å²) < 4.78 is 18.5. The number of nitrogens with zero attached hydrogens (tertiary/aromatic N) is 5. The number of fused-ring (bicyclic) bond motifs is 1. The minimum atomic E-state index is -0.460. The number of hydrogen-bond donors (Lipinski definition) is 0. The molecule has 1 aliphatic heterocycles. The molecular weight excluding hydrogens is 373 g/mol. The number of hydrogen-bond acceptors (Lipinski definition) is 4. The van der Waals surface area contributed by atoms with Crippen LogP contribution in [-0.4, -0.2) is 31.8 Å². The van der Waals surface area contributed by atoms with E-state index in [0.29, 0.717) is 5.95 Å². The van der Waals surface area contributed by atoms with Crippen LogP contribution in [0.15, 0.2) is 27.8 Å². The first-order chi connectivity index (χ1) is 12.9. The summed E-state index contributed by atoms with van der Waals surface area (Å²) in [5, 5.41) is 0.283. The summed E-state index contributed by atoms with van der Waals surface area (Å²) in [6.07, 6.45) is 2.03. The van der Waals surface area contributed by atoms with Gasteiger partial charge in [-0.05, 0) is 25.0 Å². The quantitative estimate of drug-likeness (QED) is 0.683. The van der Waals surface area contributed by atoms with Crippen molar-refractivity contribution in [1.29, 1.82) is 0 Å². The van der Waals surface area contributed by atoms with E-state index in [9.17, 15) is 14.0 Å². The van der Waals surface area contributed by atoms with Gasteiger partial charge in [-0.1, -0.05) is 17.7 Å². The van der Waals surface area contributed by atoms with Gasteiger partial charge in [0.05, 0.1) is 6.54 Å². The zero-order chi connectivity index (χ0) is 19.3. The first kappa shape index (κ1) is 17.8. The van der Waals surface area contributed by atoms with Crippen molar-refractivity contribution in [3.05, 3.63) is 55.4 Å². The minimum Gasteiger partial charge on any atom is -0.342 e. The van der Waals surface area contributed by atoms with Crippen molar-refractivity contribution in [2.75, 3.05) is 18.0 Å². The van der Waals surface area contributed by atoms with Crippen LogP contribution in [0.25, 0.3) is 11.2 Å². The van der Waals surface area contributed by atoms with E-state index in [0.717, 1.165) is 30.5 Å². The first-order valence-corrected chi connectivity index (χ1v) is 9.12. The summed E-state index contributed by atoms with van der Waals surface area (Å²) in [7, 11) is 3.00. The molecule has 0 bridgehead atoms. The van der Waals surface area contributed by atoms with Crippen molar-refractivity contribution < 1.29 is 4.39 Å². The third-order valence-electron chi connectivity index (χ3n) is 5.09. The molecule has 2 aromatic heterocycles. The van der Waals surface area contributed by atoms with E-state index in [4.69, 9.17) is 11.6 Å². The van der Waals surface area contributed by atoms with Gasteiger partial charge in [-0.15, -0.1) is 0 Å². The van der Waals surface area contributed by atoms with Gasteiger partial charge in [-0.25, -0.2) is 9.18 Å². The standard InChI is InChI=1S/C18H19ClFN5O2/c1-22-15-14(16(26)23(2)18(22)27)25(17(21-15)24-8-3-4-9-24)10-11-12(19)6-5-7-13(11)20/h5-7H,3-4,8-10H2,1-2H3. The van der Waals surface area contributed by atoms with Gasteiger partial charge >= 0.3 is 5.69 Å². The number of halogens is 2. The molecule has 1 aromatic carbocycles. The van der Waals surface area contributed by atoms with Crippen LogP contribution in [0.5, 0.6) is 0 Å². The molecule has 7 nitrogen and oxygen atoms in total. The lowest BCUT2D eigenvalue weighted by molar-refractivity contribution is 0.600. The van der Waals surface area contributed by atoms with Crippen LogP contribution >= 0.6 is 11.6 Å². The van der Waals surface area contributed by atoms with Crippen LogP contribution in [0.1, 0.15) is 18.4 Å². The summed E-state index contributed by atoms with van der Waals surface area (Å²) in [4.78, 5) is 31.8. The maximum absolute atomic E-state index is 14.4. The molecular formula is C18H19ClFN5O2. The lowest BCUT2D eigenvalue weighted by Crippen LogP contribution is -2.37. The molecule has 3 aromatic rings. The molecule has 0 radical (unpaired) electrons. The van der Waals surface area contributed by atoms with E-state index in [1.807, 2.05) is 0 Å². The van der Waals surface area contributed by atoms with Gasteiger partial charge in [0.2, 0.25) is 5.95 Å². The second-order valence-electron chi connectivity index (χ2n) is 6.77. The number of anilines is 1. The smallest absolute Gasteiger partial charge is 0.332 e. The Kier molecular flexibility index (Phi) is 4.30. The van der Waals surface area contributed by atoms with Crippen molar-refractivity contribution in [2.45, 2.75) is 19.4 Å². The molecule has 4 rings (SSSR count).